The van der Waals surface area contributed by atoms with Crippen molar-refractivity contribution < 1.29 is 4.79 Å². The van der Waals surface area contributed by atoms with E-state index in [4.69, 9.17) is 0 Å². The summed E-state index contributed by atoms with van der Waals surface area (Å²) >= 11 is 4.81. The Kier molecular flexibility index (Phi) is 5.39. The number of halogens is 1. The molecule has 0 N–H and O–H groups in total. The third kappa shape index (κ3) is 4.02. The van der Waals surface area contributed by atoms with Crippen LogP contribution in [0, 0.1) is 6.92 Å². The third-order valence-corrected chi connectivity index (χ3v) is 5.59. The van der Waals surface area contributed by atoms with Crippen LogP contribution in [0.5, 0.6) is 0 Å². The highest BCUT2D eigenvalue weighted by Crippen LogP contribution is 2.27. The van der Waals surface area contributed by atoms with Gasteiger partial charge < -0.3 is 4.57 Å². The number of Topliss-reactive ketones (excluding diaryl/α,β-unsaturated/α-hetero) is 1. The largest absolute Gasteiger partial charge is 0.305 e. The molecule has 0 aliphatic carbocycles. The summed E-state index contributed by atoms with van der Waals surface area (Å²) in [5, 5.41) is 9.04. The van der Waals surface area contributed by atoms with Gasteiger partial charge in [0.1, 0.15) is 0 Å². The van der Waals surface area contributed by atoms with E-state index in [-0.39, 0.29) is 11.0 Å². The molecule has 0 radical (unpaired) electrons. The van der Waals surface area contributed by atoms with Gasteiger partial charge in [-0.2, -0.15) is 0 Å². The van der Waals surface area contributed by atoms with Crippen molar-refractivity contribution in [3.63, 3.8) is 0 Å². The molecule has 0 saturated heterocycles. The second-order valence-electron chi connectivity index (χ2n) is 5.86. The highest BCUT2D eigenvalue weighted by atomic mass is 79.9. The van der Waals surface area contributed by atoms with Gasteiger partial charge in [0.15, 0.2) is 16.8 Å². The molecule has 0 unspecified atom stereocenters. The summed E-state index contributed by atoms with van der Waals surface area (Å²) in [6.07, 6.45) is 0. The number of rotatable bonds is 5. The SMILES string of the molecule is Cc1ccc(-c2nnc(S[C@@H](C)C(=O)c3ccc(Br)cc3)n2C)cc1. The lowest BCUT2D eigenvalue weighted by molar-refractivity contribution is 0.0994. The Hall–Kier alpha value is -1.92. The molecule has 6 heteroatoms. The molecule has 4 nitrogen and oxygen atoms in total. The first-order valence-electron chi connectivity index (χ1n) is 7.88. The first-order chi connectivity index (χ1) is 12.0. The van der Waals surface area contributed by atoms with Gasteiger partial charge in [-0.1, -0.05) is 69.7 Å². The van der Waals surface area contributed by atoms with Crippen molar-refractivity contribution in [3.8, 4) is 11.4 Å². The van der Waals surface area contributed by atoms with Crippen molar-refractivity contribution in [3.05, 3.63) is 64.1 Å². The Balaban J connectivity index is 1.78. The predicted octanol–water partition coefficient (Wildman–Crippen LogP) is 4.92. The fourth-order valence-corrected chi connectivity index (χ4v) is 3.59. The van der Waals surface area contributed by atoms with Gasteiger partial charge in [-0.15, -0.1) is 10.2 Å². The smallest absolute Gasteiger partial charge is 0.191 e. The number of aromatic nitrogens is 3. The summed E-state index contributed by atoms with van der Waals surface area (Å²) in [5.41, 5.74) is 2.91. The molecule has 0 fully saturated rings. The number of hydrogen-bond donors (Lipinski definition) is 0. The monoisotopic (exact) mass is 415 g/mol. The summed E-state index contributed by atoms with van der Waals surface area (Å²) < 4.78 is 2.89. The van der Waals surface area contributed by atoms with Crippen LogP contribution in [0.4, 0.5) is 0 Å². The van der Waals surface area contributed by atoms with Gasteiger partial charge in [-0.05, 0) is 26.0 Å². The van der Waals surface area contributed by atoms with Gasteiger partial charge in [-0.25, -0.2) is 0 Å². The van der Waals surface area contributed by atoms with Crippen LogP contribution >= 0.6 is 27.7 Å². The summed E-state index contributed by atoms with van der Waals surface area (Å²) in [6.45, 7) is 3.95. The molecule has 0 aliphatic heterocycles. The lowest BCUT2D eigenvalue weighted by Gasteiger charge is -2.10. The molecule has 1 atom stereocenters. The molecule has 3 aromatic rings. The Morgan fingerprint density at radius 2 is 1.72 bits per heavy atom. The predicted molar refractivity (Wildman–Crippen MR) is 105 cm³/mol. The van der Waals surface area contributed by atoms with E-state index in [2.05, 4.69) is 45.2 Å². The van der Waals surface area contributed by atoms with Gasteiger partial charge in [-0.3, -0.25) is 4.79 Å². The number of carbonyl (C=O) groups is 1. The van der Waals surface area contributed by atoms with Gasteiger partial charge in [0.25, 0.3) is 0 Å². The Morgan fingerprint density at radius 3 is 2.36 bits per heavy atom. The van der Waals surface area contributed by atoms with Gasteiger partial charge in [0.2, 0.25) is 0 Å². The quantitative estimate of drug-likeness (QED) is 0.438. The standard InChI is InChI=1S/C19H18BrN3OS/c1-12-4-6-15(7-5-12)18-21-22-19(23(18)3)25-13(2)17(24)14-8-10-16(20)11-9-14/h4-11,13H,1-3H3/t13-/m0/s1. The lowest BCUT2D eigenvalue weighted by atomic mass is 10.1. The zero-order valence-corrected chi connectivity index (χ0v) is 16.6. The van der Waals surface area contributed by atoms with Crippen LogP contribution < -0.4 is 0 Å². The molecule has 0 amide bonds. The molecule has 0 spiro atoms. The molecule has 0 aliphatic rings. The molecule has 128 valence electrons. The number of carbonyl (C=O) groups excluding carboxylic acids is 1. The zero-order valence-electron chi connectivity index (χ0n) is 14.2. The molecule has 1 aromatic heterocycles. The van der Waals surface area contributed by atoms with Gasteiger partial charge in [0.05, 0.1) is 5.25 Å². The average Bonchev–Trinajstić information content (AvgIpc) is 2.96. The van der Waals surface area contributed by atoms with E-state index in [1.165, 1.54) is 17.3 Å². The first-order valence-corrected chi connectivity index (χ1v) is 9.56. The molecule has 0 saturated carbocycles. The number of ketones is 1. The molecular weight excluding hydrogens is 398 g/mol. The molecule has 3 rings (SSSR count). The van der Waals surface area contributed by atoms with Crippen molar-refractivity contribution in [1.29, 1.82) is 0 Å². The minimum atomic E-state index is -0.241. The van der Waals surface area contributed by atoms with E-state index in [9.17, 15) is 4.79 Å². The molecule has 1 heterocycles. The Labute approximate surface area is 159 Å². The van der Waals surface area contributed by atoms with Crippen LogP contribution in [-0.2, 0) is 7.05 Å². The van der Waals surface area contributed by atoms with Crippen molar-refractivity contribution in [2.24, 2.45) is 7.05 Å². The Morgan fingerprint density at radius 1 is 1.08 bits per heavy atom. The fourth-order valence-electron chi connectivity index (χ4n) is 2.43. The van der Waals surface area contributed by atoms with E-state index in [0.29, 0.717) is 5.56 Å². The number of benzene rings is 2. The van der Waals surface area contributed by atoms with Crippen molar-refractivity contribution >= 4 is 33.5 Å². The summed E-state index contributed by atoms with van der Waals surface area (Å²) in [7, 11) is 1.92. The summed E-state index contributed by atoms with van der Waals surface area (Å²) in [5.74, 6) is 0.878. The molecule has 2 aromatic carbocycles. The lowest BCUT2D eigenvalue weighted by Crippen LogP contribution is -2.14. The van der Waals surface area contributed by atoms with Crippen LogP contribution in [0.1, 0.15) is 22.8 Å². The molecule has 25 heavy (non-hydrogen) atoms. The average molecular weight is 416 g/mol. The zero-order chi connectivity index (χ0) is 18.0. The van der Waals surface area contributed by atoms with Crippen LogP contribution in [-0.4, -0.2) is 25.8 Å². The van der Waals surface area contributed by atoms with Crippen LogP contribution in [0.3, 0.4) is 0 Å². The van der Waals surface area contributed by atoms with Crippen LogP contribution in [0.2, 0.25) is 0 Å². The molecule has 0 bridgehead atoms. The maximum atomic E-state index is 12.6. The van der Waals surface area contributed by atoms with Crippen LogP contribution in [0.25, 0.3) is 11.4 Å². The van der Waals surface area contributed by atoms with Crippen LogP contribution in [0.15, 0.2) is 58.2 Å². The third-order valence-electron chi connectivity index (χ3n) is 3.92. The number of hydrogen-bond acceptors (Lipinski definition) is 4. The van der Waals surface area contributed by atoms with E-state index < -0.39 is 0 Å². The van der Waals surface area contributed by atoms with E-state index in [1.54, 1.807) is 0 Å². The van der Waals surface area contributed by atoms with E-state index in [1.807, 2.05) is 54.9 Å². The second kappa shape index (κ2) is 7.54. The van der Waals surface area contributed by atoms with Crippen molar-refractivity contribution in [2.75, 3.05) is 0 Å². The van der Waals surface area contributed by atoms with E-state index >= 15 is 0 Å². The number of aryl methyl sites for hydroxylation is 1. The number of nitrogens with zero attached hydrogens (tertiary/aromatic N) is 3. The molecular formula is C19H18BrN3OS. The fraction of sp³-hybridized carbons (Fsp3) is 0.211. The second-order valence-corrected chi connectivity index (χ2v) is 8.09. The number of thioether (sulfide) groups is 1. The topological polar surface area (TPSA) is 47.8 Å². The van der Waals surface area contributed by atoms with E-state index in [0.717, 1.165) is 21.0 Å². The maximum Gasteiger partial charge on any atom is 0.191 e. The van der Waals surface area contributed by atoms with Gasteiger partial charge in [0, 0.05) is 22.6 Å². The summed E-state index contributed by atoms with van der Waals surface area (Å²) in [4.78, 5) is 12.6. The minimum Gasteiger partial charge on any atom is -0.305 e. The highest BCUT2D eigenvalue weighted by molar-refractivity contribution is 9.10. The van der Waals surface area contributed by atoms with Gasteiger partial charge >= 0.3 is 0 Å². The normalized spacial score (nSPS) is 12.2. The Bertz CT molecular complexity index is 888. The van der Waals surface area contributed by atoms with Crippen molar-refractivity contribution in [2.45, 2.75) is 24.3 Å². The summed E-state index contributed by atoms with van der Waals surface area (Å²) in [6, 6.07) is 15.6. The maximum absolute atomic E-state index is 12.6. The minimum absolute atomic E-state index is 0.0809. The van der Waals surface area contributed by atoms with Crippen molar-refractivity contribution in [1.82, 2.24) is 14.8 Å². The first kappa shape index (κ1) is 17.9. The highest BCUT2D eigenvalue weighted by Gasteiger charge is 2.20.